The summed E-state index contributed by atoms with van der Waals surface area (Å²) in [5, 5.41) is 3.76. The minimum Gasteiger partial charge on any atom is -0.412 e. The van der Waals surface area contributed by atoms with Gasteiger partial charge >= 0.3 is 0 Å². The van der Waals surface area contributed by atoms with Crippen molar-refractivity contribution >= 4 is 12.4 Å². The fraction of sp³-hybridized carbons (Fsp3) is 0.400. The van der Waals surface area contributed by atoms with Crippen LogP contribution in [0, 0.1) is 13.8 Å². The average Bonchev–Trinajstić information content (AvgIpc) is 3.04. The largest absolute Gasteiger partial charge is 0.412 e. The van der Waals surface area contributed by atoms with Crippen LogP contribution in [0.1, 0.15) is 54.2 Å². The van der Waals surface area contributed by atoms with E-state index < -0.39 is 0 Å². The number of rotatable bonds is 2. The van der Waals surface area contributed by atoms with Crippen molar-refractivity contribution in [2.45, 2.75) is 51.6 Å². The Morgan fingerprint density at radius 1 is 1.04 bits per heavy atom. The lowest BCUT2D eigenvalue weighted by molar-refractivity contribution is 0.299. The summed E-state index contributed by atoms with van der Waals surface area (Å²) < 4.78 is 0. The Bertz CT molecular complexity index is 834. The van der Waals surface area contributed by atoms with Crippen LogP contribution >= 0.6 is 12.4 Å². The minimum absolute atomic E-state index is 0. The maximum atomic E-state index is 4.65. The van der Waals surface area contributed by atoms with E-state index in [1.54, 1.807) is 0 Å². The molecule has 3 aliphatic rings. The molecule has 4 N–H and O–H groups in total. The van der Waals surface area contributed by atoms with E-state index in [-0.39, 0.29) is 17.9 Å². The number of nitrogens with zero attached hydrogens (tertiary/aromatic N) is 2. The Balaban J connectivity index is 0.00000121. The van der Waals surface area contributed by atoms with E-state index in [1.807, 2.05) is 18.5 Å². The maximum Gasteiger partial charge on any atom is 0.109 e. The molecule has 0 aliphatic carbocycles. The highest BCUT2D eigenvalue weighted by atomic mass is 35.5. The van der Waals surface area contributed by atoms with Crippen molar-refractivity contribution in [3.05, 3.63) is 59.2 Å². The molecule has 6 heteroatoms. The Morgan fingerprint density at radius 3 is 2.62 bits per heavy atom. The molecule has 1 saturated heterocycles. The predicted molar refractivity (Wildman–Crippen MR) is 107 cm³/mol. The number of aromatic nitrogens is 3. The standard InChI is InChI=1S/C20H24N4.ClH.H2O/c1-12-4-5-15(8-13(12)2)18-10-16(9-14(3)23-18)20-22-11-19-17(24-20)6-7-21-19;;/h4-8,11,14,16,18,23H,9-10H2,1-3H3,(H,22,24);1H;1H2. The molecule has 0 bridgehead atoms. The molecule has 3 heterocycles. The van der Waals surface area contributed by atoms with Crippen LogP contribution in [0.3, 0.4) is 0 Å². The number of H-pyrrole nitrogens is 1. The van der Waals surface area contributed by atoms with E-state index in [4.69, 9.17) is 0 Å². The van der Waals surface area contributed by atoms with Gasteiger partial charge in [0, 0.05) is 24.2 Å². The van der Waals surface area contributed by atoms with Crippen molar-refractivity contribution in [3.8, 4) is 11.4 Å². The number of fused-ring (bicyclic) bond motifs is 1. The summed E-state index contributed by atoms with van der Waals surface area (Å²) in [5.41, 5.74) is 6.10. The predicted octanol–water partition coefficient (Wildman–Crippen LogP) is 3.72. The smallest absolute Gasteiger partial charge is 0.109 e. The zero-order chi connectivity index (χ0) is 16.7. The van der Waals surface area contributed by atoms with Crippen LogP contribution in [0.25, 0.3) is 11.4 Å². The molecule has 1 aromatic rings. The minimum atomic E-state index is 0. The van der Waals surface area contributed by atoms with Crippen LogP contribution < -0.4 is 5.32 Å². The second-order valence-corrected chi connectivity index (χ2v) is 7.14. The van der Waals surface area contributed by atoms with Crippen molar-refractivity contribution in [1.82, 2.24) is 20.3 Å². The Morgan fingerprint density at radius 2 is 1.85 bits per heavy atom. The van der Waals surface area contributed by atoms with Gasteiger partial charge in [-0.05, 0) is 56.4 Å². The van der Waals surface area contributed by atoms with Crippen molar-refractivity contribution in [3.63, 3.8) is 0 Å². The van der Waals surface area contributed by atoms with E-state index in [2.05, 4.69) is 59.2 Å². The third-order valence-corrected chi connectivity index (χ3v) is 5.28. The summed E-state index contributed by atoms with van der Waals surface area (Å²) in [5.74, 6) is 1.52. The first-order valence-electron chi connectivity index (χ1n) is 8.73. The highest BCUT2D eigenvalue weighted by molar-refractivity contribution is 5.85. The van der Waals surface area contributed by atoms with Gasteiger partial charge in [-0.3, -0.25) is 4.98 Å². The number of hydrogen-bond donors (Lipinski definition) is 2. The molecule has 5 nitrogen and oxygen atoms in total. The summed E-state index contributed by atoms with van der Waals surface area (Å²) in [7, 11) is 0. The molecule has 0 radical (unpaired) electrons. The first-order chi connectivity index (χ1) is 11.6. The van der Waals surface area contributed by atoms with E-state index >= 15 is 0 Å². The SMILES string of the molecule is Cc1ccc(C2CC(c3ncc4nccc-4[nH]3)CC(C)N2)cc1C.Cl.O. The molecule has 0 saturated carbocycles. The number of nitrogens with one attached hydrogen (secondary N) is 2. The maximum absolute atomic E-state index is 4.65. The zero-order valence-electron chi connectivity index (χ0n) is 15.4. The molecule has 1 fully saturated rings. The second-order valence-electron chi connectivity index (χ2n) is 7.14. The van der Waals surface area contributed by atoms with E-state index in [0.717, 1.165) is 30.1 Å². The van der Waals surface area contributed by atoms with Gasteiger partial charge in [-0.15, -0.1) is 12.4 Å². The molecule has 4 rings (SSSR count). The quantitative estimate of drug-likeness (QED) is 0.716. The van der Waals surface area contributed by atoms with Gasteiger partial charge in [0.1, 0.15) is 11.5 Å². The first kappa shape index (κ1) is 20.4. The van der Waals surface area contributed by atoms with Crippen molar-refractivity contribution in [1.29, 1.82) is 0 Å². The van der Waals surface area contributed by atoms with E-state index in [1.165, 1.54) is 16.7 Å². The fourth-order valence-electron chi connectivity index (χ4n) is 3.79. The molecular weight excluding hydrogens is 348 g/mol. The van der Waals surface area contributed by atoms with Gasteiger partial charge in [-0.25, -0.2) is 4.98 Å². The summed E-state index contributed by atoms with van der Waals surface area (Å²) in [6.45, 7) is 6.62. The molecule has 3 atom stereocenters. The average molecular weight is 375 g/mol. The van der Waals surface area contributed by atoms with Crippen LogP contribution in [0.4, 0.5) is 0 Å². The van der Waals surface area contributed by atoms with Crippen LogP contribution in [0.15, 0.2) is 36.7 Å². The van der Waals surface area contributed by atoms with Gasteiger partial charge in [0.2, 0.25) is 0 Å². The van der Waals surface area contributed by atoms with Crippen molar-refractivity contribution in [2.75, 3.05) is 0 Å². The lowest BCUT2D eigenvalue weighted by Gasteiger charge is -2.35. The van der Waals surface area contributed by atoms with Gasteiger partial charge in [0.25, 0.3) is 0 Å². The summed E-state index contributed by atoms with van der Waals surface area (Å²) in [4.78, 5) is 12.4. The van der Waals surface area contributed by atoms with Crippen LogP contribution in [-0.4, -0.2) is 26.5 Å². The monoisotopic (exact) mass is 374 g/mol. The lowest BCUT2D eigenvalue weighted by atomic mass is 9.84. The van der Waals surface area contributed by atoms with Crippen LogP contribution in [0.5, 0.6) is 0 Å². The van der Waals surface area contributed by atoms with Crippen LogP contribution in [0.2, 0.25) is 0 Å². The van der Waals surface area contributed by atoms with Crippen LogP contribution in [-0.2, 0) is 0 Å². The molecule has 3 aliphatic heterocycles. The molecular formula is C20H27ClN4O. The molecule has 0 spiro atoms. The Hall–Kier alpha value is -1.95. The Kier molecular flexibility index (Phi) is 6.39. The highest BCUT2D eigenvalue weighted by Gasteiger charge is 2.29. The normalized spacial score (nSPS) is 22.5. The number of aryl methyl sites for hydroxylation is 2. The molecule has 3 unspecified atom stereocenters. The second kappa shape index (κ2) is 8.16. The fourth-order valence-corrected chi connectivity index (χ4v) is 3.79. The van der Waals surface area contributed by atoms with Crippen molar-refractivity contribution < 1.29 is 5.48 Å². The molecule has 26 heavy (non-hydrogen) atoms. The lowest BCUT2D eigenvalue weighted by Crippen LogP contribution is -2.38. The number of halogens is 1. The van der Waals surface area contributed by atoms with Gasteiger partial charge in [-0.2, -0.15) is 0 Å². The third kappa shape index (κ3) is 3.90. The summed E-state index contributed by atoms with van der Waals surface area (Å²) in [6, 6.07) is 9.68. The molecule has 140 valence electrons. The van der Waals surface area contributed by atoms with Gasteiger partial charge in [0.05, 0.1) is 11.9 Å². The third-order valence-electron chi connectivity index (χ3n) is 5.28. The zero-order valence-corrected chi connectivity index (χ0v) is 16.2. The van der Waals surface area contributed by atoms with Crippen molar-refractivity contribution in [2.24, 2.45) is 0 Å². The Labute approximate surface area is 160 Å². The van der Waals surface area contributed by atoms with Gasteiger partial charge in [0.15, 0.2) is 0 Å². The van der Waals surface area contributed by atoms with E-state index in [9.17, 15) is 0 Å². The van der Waals surface area contributed by atoms with Gasteiger partial charge < -0.3 is 15.8 Å². The summed E-state index contributed by atoms with van der Waals surface area (Å²) in [6.07, 6.45) is 5.88. The molecule has 0 amide bonds. The number of piperidine rings is 1. The molecule has 0 aromatic heterocycles. The number of hydrogen-bond acceptors (Lipinski definition) is 3. The number of benzene rings is 1. The van der Waals surface area contributed by atoms with Gasteiger partial charge in [-0.1, -0.05) is 18.2 Å². The summed E-state index contributed by atoms with van der Waals surface area (Å²) >= 11 is 0. The topological polar surface area (TPSA) is 85.1 Å². The number of aromatic amines is 1. The highest BCUT2D eigenvalue weighted by Crippen LogP contribution is 2.36. The van der Waals surface area contributed by atoms with E-state index in [0.29, 0.717) is 18.0 Å². The molecule has 1 aromatic carbocycles. The first-order valence-corrected chi connectivity index (χ1v) is 8.73.